The highest BCUT2D eigenvalue weighted by molar-refractivity contribution is 7.88. The molecule has 29 heavy (non-hydrogen) atoms. The average Bonchev–Trinajstić information content (AvgIpc) is 2.64. The van der Waals surface area contributed by atoms with Crippen LogP contribution in [0.5, 0.6) is 5.75 Å². The van der Waals surface area contributed by atoms with Gasteiger partial charge in [-0.3, -0.25) is 0 Å². The van der Waals surface area contributed by atoms with E-state index in [1.807, 2.05) is 19.1 Å². The SMILES string of the molecule is Cc1cc(OCCCN2CCN(S(C)(=O)=O)CC2)ccc1-c1cc(F)cc(F)c1. The number of hydrogen-bond donors (Lipinski definition) is 0. The van der Waals surface area contributed by atoms with Gasteiger partial charge in [0.2, 0.25) is 10.0 Å². The molecule has 2 aromatic rings. The van der Waals surface area contributed by atoms with E-state index < -0.39 is 21.7 Å². The second kappa shape index (κ2) is 9.19. The van der Waals surface area contributed by atoms with Gasteiger partial charge in [0.05, 0.1) is 12.9 Å². The van der Waals surface area contributed by atoms with Crippen molar-refractivity contribution in [1.29, 1.82) is 0 Å². The highest BCUT2D eigenvalue weighted by atomic mass is 32.2. The van der Waals surface area contributed by atoms with Crippen LogP contribution in [0, 0.1) is 18.6 Å². The van der Waals surface area contributed by atoms with Crippen molar-refractivity contribution in [2.75, 3.05) is 45.6 Å². The molecule has 0 N–H and O–H groups in total. The van der Waals surface area contributed by atoms with E-state index >= 15 is 0 Å². The fourth-order valence-corrected chi connectivity index (χ4v) is 4.35. The molecule has 8 heteroatoms. The first-order chi connectivity index (χ1) is 13.7. The smallest absolute Gasteiger partial charge is 0.211 e. The molecule has 1 aliphatic heterocycles. The van der Waals surface area contributed by atoms with Crippen LogP contribution < -0.4 is 4.74 Å². The lowest BCUT2D eigenvalue weighted by Gasteiger charge is -2.33. The van der Waals surface area contributed by atoms with Gasteiger partial charge in [0, 0.05) is 38.8 Å². The van der Waals surface area contributed by atoms with Crippen LogP contribution in [0.2, 0.25) is 0 Å². The number of nitrogens with zero attached hydrogens (tertiary/aromatic N) is 2. The maximum Gasteiger partial charge on any atom is 0.211 e. The minimum absolute atomic E-state index is 0.500. The zero-order valence-corrected chi connectivity index (χ0v) is 17.5. The van der Waals surface area contributed by atoms with Gasteiger partial charge in [-0.15, -0.1) is 0 Å². The van der Waals surface area contributed by atoms with Gasteiger partial charge in [0.25, 0.3) is 0 Å². The van der Waals surface area contributed by atoms with Gasteiger partial charge in [-0.25, -0.2) is 17.2 Å². The van der Waals surface area contributed by atoms with Crippen LogP contribution in [0.25, 0.3) is 11.1 Å². The molecule has 0 aliphatic carbocycles. The summed E-state index contributed by atoms with van der Waals surface area (Å²) >= 11 is 0. The average molecular weight is 425 g/mol. The number of benzene rings is 2. The Bertz CT molecular complexity index is 938. The predicted molar refractivity (Wildman–Crippen MR) is 109 cm³/mol. The van der Waals surface area contributed by atoms with E-state index in [9.17, 15) is 17.2 Å². The largest absolute Gasteiger partial charge is 0.494 e. The van der Waals surface area contributed by atoms with Crippen LogP contribution in [0.1, 0.15) is 12.0 Å². The first kappa shape index (κ1) is 21.7. The maximum absolute atomic E-state index is 13.5. The highest BCUT2D eigenvalue weighted by Gasteiger charge is 2.22. The number of hydrogen-bond acceptors (Lipinski definition) is 4. The topological polar surface area (TPSA) is 49.9 Å². The summed E-state index contributed by atoms with van der Waals surface area (Å²) in [5, 5.41) is 0. The Morgan fingerprint density at radius 1 is 1.00 bits per heavy atom. The maximum atomic E-state index is 13.5. The number of ether oxygens (including phenoxy) is 1. The van der Waals surface area contributed by atoms with Gasteiger partial charge < -0.3 is 9.64 Å². The molecule has 158 valence electrons. The summed E-state index contributed by atoms with van der Waals surface area (Å²) in [6.07, 6.45) is 2.07. The molecule has 1 saturated heterocycles. The molecule has 0 amide bonds. The molecule has 3 rings (SSSR count). The van der Waals surface area contributed by atoms with Gasteiger partial charge in [-0.2, -0.15) is 4.31 Å². The minimum Gasteiger partial charge on any atom is -0.494 e. The molecule has 0 aromatic heterocycles. The summed E-state index contributed by atoms with van der Waals surface area (Å²) in [5.74, 6) is -0.487. The molecule has 1 aliphatic rings. The molecular weight excluding hydrogens is 398 g/mol. The summed E-state index contributed by atoms with van der Waals surface area (Å²) in [4.78, 5) is 2.23. The predicted octanol–water partition coefficient (Wildman–Crippen LogP) is 3.29. The Kier molecular flexibility index (Phi) is 6.87. The van der Waals surface area contributed by atoms with Crippen molar-refractivity contribution in [2.24, 2.45) is 0 Å². The van der Waals surface area contributed by atoms with Gasteiger partial charge in [-0.1, -0.05) is 6.07 Å². The van der Waals surface area contributed by atoms with Crippen molar-refractivity contribution >= 4 is 10.0 Å². The molecule has 1 heterocycles. The van der Waals surface area contributed by atoms with E-state index in [-0.39, 0.29) is 0 Å². The normalized spacial score (nSPS) is 16.1. The number of piperazine rings is 1. The van der Waals surface area contributed by atoms with Crippen molar-refractivity contribution in [3.8, 4) is 16.9 Å². The number of aryl methyl sites for hydroxylation is 1. The van der Waals surface area contributed by atoms with E-state index in [2.05, 4.69) is 4.90 Å². The van der Waals surface area contributed by atoms with E-state index in [0.717, 1.165) is 43.2 Å². The van der Waals surface area contributed by atoms with Crippen LogP contribution in [-0.2, 0) is 10.0 Å². The number of halogens is 2. The molecule has 0 atom stereocenters. The Balaban J connectivity index is 1.48. The van der Waals surface area contributed by atoms with Crippen LogP contribution in [-0.4, -0.2) is 63.2 Å². The Hall–Kier alpha value is -2.03. The third kappa shape index (κ3) is 5.98. The molecule has 2 aromatic carbocycles. The lowest BCUT2D eigenvalue weighted by Crippen LogP contribution is -2.48. The molecule has 1 fully saturated rings. The van der Waals surface area contributed by atoms with Crippen molar-refractivity contribution in [1.82, 2.24) is 9.21 Å². The van der Waals surface area contributed by atoms with Gasteiger partial charge in [0.1, 0.15) is 17.4 Å². The molecule has 0 bridgehead atoms. The summed E-state index contributed by atoms with van der Waals surface area (Å²) in [5.41, 5.74) is 2.14. The lowest BCUT2D eigenvalue weighted by atomic mass is 10.00. The van der Waals surface area contributed by atoms with Gasteiger partial charge in [-0.05, 0) is 54.3 Å². The van der Waals surface area contributed by atoms with Crippen molar-refractivity contribution in [3.63, 3.8) is 0 Å². The molecule has 0 saturated carbocycles. The summed E-state index contributed by atoms with van der Waals surface area (Å²) in [6.45, 7) is 5.78. The minimum atomic E-state index is -3.10. The van der Waals surface area contributed by atoms with E-state index in [0.29, 0.717) is 31.0 Å². The third-order valence-corrected chi connectivity index (χ3v) is 6.36. The molecule has 0 spiro atoms. The quantitative estimate of drug-likeness (QED) is 0.640. The Labute approximate surface area is 170 Å². The van der Waals surface area contributed by atoms with Crippen LogP contribution in [0.4, 0.5) is 8.78 Å². The highest BCUT2D eigenvalue weighted by Crippen LogP contribution is 2.28. The van der Waals surface area contributed by atoms with Crippen LogP contribution in [0.3, 0.4) is 0 Å². The zero-order valence-electron chi connectivity index (χ0n) is 16.7. The third-order valence-electron chi connectivity index (χ3n) is 5.06. The van der Waals surface area contributed by atoms with Crippen molar-refractivity contribution in [2.45, 2.75) is 13.3 Å². The van der Waals surface area contributed by atoms with Crippen molar-refractivity contribution < 1.29 is 21.9 Å². The van der Waals surface area contributed by atoms with E-state index in [4.69, 9.17) is 4.74 Å². The number of rotatable bonds is 7. The first-order valence-corrected chi connectivity index (χ1v) is 11.4. The van der Waals surface area contributed by atoms with E-state index in [1.165, 1.54) is 22.7 Å². The van der Waals surface area contributed by atoms with E-state index in [1.54, 1.807) is 6.07 Å². The van der Waals surface area contributed by atoms with Crippen LogP contribution >= 0.6 is 0 Å². The Morgan fingerprint density at radius 3 is 2.24 bits per heavy atom. The summed E-state index contributed by atoms with van der Waals surface area (Å²) in [6, 6.07) is 8.96. The zero-order chi connectivity index (χ0) is 21.0. The fraction of sp³-hybridized carbons (Fsp3) is 0.429. The fourth-order valence-electron chi connectivity index (χ4n) is 3.52. The molecule has 5 nitrogen and oxygen atoms in total. The summed E-state index contributed by atoms with van der Waals surface area (Å²) < 4.78 is 57.3. The van der Waals surface area contributed by atoms with Crippen LogP contribution in [0.15, 0.2) is 36.4 Å². The molecule has 0 radical (unpaired) electrons. The monoisotopic (exact) mass is 424 g/mol. The summed E-state index contributed by atoms with van der Waals surface area (Å²) in [7, 11) is -3.10. The first-order valence-electron chi connectivity index (χ1n) is 9.60. The standard InChI is InChI=1S/C21H26F2N2O3S/c1-16-12-20(4-5-21(16)17-13-18(22)15-19(23)14-17)28-11-3-6-24-7-9-25(10-8-24)29(2,26)27/h4-5,12-15H,3,6-11H2,1-2H3. The number of sulfonamides is 1. The lowest BCUT2D eigenvalue weighted by molar-refractivity contribution is 0.175. The Morgan fingerprint density at radius 2 is 1.66 bits per heavy atom. The van der Waals surface area contributed by atoms with Gasteiger partial charge >= 0.3 is 0 Å². The second-order valence-corrected chi connectivity index (χ2v) is 9.32. The second-order valence-electron chi connectivity index (χ2n) is 7.34. The molecule has 0 unspecified atom stereocenters. The van der Waals surface area contributed by atoms with Crippen molar-refractivity contribution in [3.05, 3.63) is 53.6 Å². The molecular formula is C21H26F2N2O3S. The van der Waals surface area contributed by atoms with Gasteiger partial charge in [0.15, 0.2) is 0 Å².